The first-order valence-corrected chi connectivity index (χ1v) is 10.6. The van der Waals surface area contributed by atoms with Crippen molar-refractivity contribution in [3.05, 3.63) is 90.2 Å². The second-order valence-corrected chi connectivity index (χ2v) is 8.66. The number of benzene rings is 3. The maximum atomic E-state index is 6.19. The van der Waals surface area contributed by atoms with E-state index in [0.717, 1.165) is 36.0 Å². The molecular weight excluding hydrogens is 545 g/mol. The summed E-state index contributed by atoms with van der Waals surface area (Å²) < 4.78 is 8.81. The molecule has 2 nitrogen and oxygen atoms in total. The van der Waals surface area contributed by atoms with Crippen molar-refractivity contribution in [2.75, 3.05) is 5.32 Å². The Bertz CT molecular complexity index is 877. The van der Waals surface area contributed by atoms with Gasteiger partial charge in [0.05, 0.1) is 8.95 Å². The molecule has 0 aliphatic carbocycles. The van der Waals surface area contributed by atoms with Gasteiger partial charge in [-0.2, -0.15) is 0 Å². The SMILES string of the molecule is Clc1ccccc1COc1c(Br)cc(CNc2ccc(Br)cc2)cc1Br. The van der Waals surface area contributed by atoms with Crippen LogP contribution in [0.1, 0.15) is 11.1 Å². The first-order valence-electron chi connectivity index (χ1n) is 7.86. The first kappa shape index (κ1) is 19.7. The Balaban J connectivity index is 1.67. The third-order valence-electron chi connectivity index (χ3n) is 3.73. The Morgan fingerprint density at radius 2 is 1.54 bits per heavy atom. The smallest absolute Gasteiger partial charge is 0.148 e. The van der Waals surface area contributed by atoms with Crippen LogP contribution in [0.15, 0.2) is 74.1 Å². The second kappa shape index (κ2) is 9.27. The number of hydrogen-bond acceptors (Lipinski definition) is 2. The van der Waals surface area contributed by atoms with Gasteiger partial charge in [0.1, 0.15) is 12.4 Å². The summed E-state index contributed by atoms with van der Waals surface area (Å²) in [5, 5.41) is 4.11. The second-order valence-electron chi connectivity index (χ2n) is 5.63. The van der Waals surface area contributed by atoms with Crippen molar-refractivity contribution in [1.29, 1.82) is 0 Å². The first-order chi connectivity index (χ1) is 12.5. The van der Waals surface area contributed by atoms with Crippen molar-refractivity contribution in [1.82, 2.24) is 0 Å². The predicted octanol–water partition coefficient (Wildman–Crippen LogP) is 7.82. The Labute approximate surface area is 183 Å². The van der Waals surface area contributed by atoms with Crippen molar-refractivity contribution in [2.24, 2.45) is 0 Å². The molecule has 0 heterocycles. The van der Waals surface area contributed by atoms with Gasteiger partial charge in [-0.3, -0.25) is 0 Å². The highest BCUT2D eigenvalue weighted by molar-refractivity contribution is 9.11. The summed E-state index contributed by atoms with van der Waals surface area (Å²) in [5.74, 6) is 0.761. The van der Waals surface area contributed by atoms with Crippen LogP contribution < -0.4 is 10.1 Å². The highest BCUT2D eigenvalue weighted by Crippen LogP contribution is 2.36. The molecule has 1 N–H and O–H groups in total. The number of ether oxygens (including phenoxy) is 1. The van der Waals surface area contributed by atoms with Gasteiger partial charge in [0.15, 0.2) is 0 Å². The zero-order valence-corrected chi connectivity index (χ0v) is 19.1. The molecule has 26 heavy (non-hydrogen) atoms. The van der Waals surface area contributed by atoms with E-state index in [1.54, 1.807) is 0 Å². The third-order valence-corrected chi connectivity index (χ3v) is 5.80. The fourth-order valence-corrected chi connectivity index (χ4v) is 4.35. The van der Waals surface area contributed by atoms with E-state index < -0.39 is 0 Å². The minimum absolute atomic E-state index is 0.410. The van der Waals surface area contributed by atoms with Gasteiger partial charge in [-0.1, -0.05) is 45.7 Å². The summed E-state index contributed by atoms with van der Waals surface area (Å²) in [7, 11) is 0. The van der Waals surface area contributed by atoms with Gasteiger partial charge in [-0.05, 0) is 79.9 Å². The molecule has 0 fully saturated rings. The monoisotopic (exact) mass is 557 g/mol. The van der Waals surface area contributed by atoms with Crippen molar-refractivity contribution in [3.63, 3.8) is 0 Å². The van der Waals surface area contributed by atoms with E-state index in [1.165, 1.54) is 0 Å². The summed E-state index contributed by atoms with van der Waals surface area (Å²) in [6, 6.07) is 19.9. The minimum Gasteiger partial charge on any atom is -0.486 e. The Hall–Kier alpha value is -1.01. The van der Waals surface area contributed by atoms with Gasteiger partial charge in [0, 0.05) is 27.3 Å². The zero-order chi connectivity index (χ0) is 18.5. The fourth-order valence-electron chi connectivity index (χ4n) is 2.39. The van der Waals surface area contributed by atoms with Crippen LogP contribution in [0.2, 0.25) is 5.02 Å². The van der Waals surface area contributed by atoms with Crippen LogP contribution in [0.25, 0.3) is 0 Å². The molecule has 0 bridgehead atoms. The Morgan fingerprint density at radius 3 is 2.19 bits per heavy atom. The molecule has 0 aromatic heterocycles. The highest BCUT2D eigenvalue weighted by Gasteiger charge is 2.10. The molecule has 3 aromatic carbocycles. The van der Waals surface area contributed by atoms with Gasteiger partial charge in [0.25, 0.3) is 0 Å². The number of nitrogens with one attached hydrogen (secondary N) is 1. The molecule has 0 amide bonds. The molecule has 0 spiro atoms. The molecule has 0 saturated carbocycles. The van der Waals surface area contributed by atoms with E-state index in [2.05, 4.69) is 65.2 Å². The quantitative estimate of drug-likeness (QED) is 0.332. The molecule has 0 atom stereocenters. The normalized spacial score (nSPS) is 10.6. The number of hydrogen-bond donors (Lipinski definition) is 1. The van der Waals surface area contributed by atoms with Crippen LogP contribution in [-0.4, -0.2) is 0 Å². The van der Waals surface area contributed by atoms with E-state index in [-0.39, 0.29) is 0 Å². The molecule has 0 radical (unpaired) electrons. The van der Waals surface area contributed by atoms with E-state index in [9.17, 15) is 0 Å². The standard InChI is InChI=1S/C20H15Br3ClNO/c21-15-5-7-16(8-6-15)25-11-13-9-17(22)20(18(23)10-13)26-12-14-3-1-2-4-19(14)24/h1-10,25H,11-12H2. The Kier molecular flexibility index (Phi) is 7.04. The lowest BCUT2D eigenvalue weighted by molar-refractivity contribution is 0.302. The lowest BCUT2D eigenvalue weighted by atomic mass is 10.2. The lowest BCUT2D eigenvalue weighted by Gasteiger charge is -2.14. The summed E-state index contributed by atoms with van der Waals surface area (Å²) in [5.41, 5.74) is 3.16. The van der Waals surface area contributed by atoms with Crippen molar-refractivity contribution < 1.29 is 4.74 Å². The van der Waals surface area contributed by atoms with E-state index in [4.69, 9.17) is 16.3 Å². The van der Waals surface area contributed by atoms with Gasteiger partial charge in [-0.15, -0.1) is 0 Å². The molecule has 3 rings (SSSR count). The van der Waals surface area contributed by atoms with Crippen LogP contribution in [0, 0.1) is 0 Å². The number of rotatable bonds is 6. The largest absolute Gasteiger partial charge is 0.486 e. The third kappa shape index (κ3) is 5.26. The highest BCUT2D eigenvalue weighted by atomic mass is 79.9. The van der Waals surface area contributed by atoms with Crippen molar-refractivity contribution in [2.45, 2.75) is 13.2 Å². The predicted molar refractivity (Wildman–Crippen MR) is 119 cm³/mol. The topological polar surface area (TPSA) is 21.3 Å². The average molecular weight is 561 g/mol. The fraction of sp³-hybridized carbons (Fsp3) is 0.100. The van der Waals surface area contributed by atoms with Crippen molar-refractivity contribution in [3.8, 4) is 5.75 Å². The molecule has 3 aromatic rings. The van der Waals surface area contributed by atoms with Crippen LogP contribution >= 0.6 is 59.4 Å². The van der Waals surface area contributed by atoms with Gasteiger partial charge >= 0.3 is 0 Å². The maximum absolute atomic E-state index is 6.19. The minimum atomic E-state index is 0.410. The van der Waals surface area contributed by atoms with E-state index in [0.29, 0.717) is 18.2 Å². The van der Waals surface area contributed by atoms with Gasteiger partial charge in [-0.25, -0.2) is 0 Å². The van der Waals surface area contributed by atoms with E-state index in [1.807, 2.05) is 48.5 Å². The summed E-state index contributed by atoms with van der Waals surface area (Å²) in [6.07, 6.45) is 0. The number of halogens is 4. The van der Waals surface area contributed by atoms with Gasteiger partial charge in [0.2, 0.25) is 0 Å². The summed E-state index contributed by atoms with van der Waals surface area (Å²) in [4.78, 5) is 0. The summed E-state index contributed by atoms with van der Waals surface area (Å²) >= 11 is 16.8. The summed E-state index contributed by atoms with van der Waals surface area (Å²) in [6.45, 7) is 1.12. The molecular formula is C20H15Br3ClNO. The molecule has 134 valence electrons. The van der Waals surface area contributed by atoms with E-state index >= 15 is 0 Å². The molecule has 0 saturated heterocycles. The number of anilines is 1. The molecule has 0 unspecified atom stereocenters. The van der Waals surface area contributed by atoms with Crippen LogP contribution in [0.3, 0.4) is 0 Å². The maximum Gasteiger partial charge on any atom is 0.148 e. The lowest BCUT2D eigenvalue weighted by Crippen LogP contribution is -2.01. The van der Waals surface area contributed by atoms with Crippen LogP contribution in [0.5, 0.6) is 5.75 Å². The molecule has 0 aliphatic rings. The average Bonchev–Trinajstić information content (AvgIpc) is 2.62. The van der Waals surface area contributed by atoms with Crippen LogP contribution in [0.4, 0.5) is 5.69 Å². The molecule has 0 aliphatic heterocycles. The van der Waals surface area contributed by atoms with Crippen molar-refractivity contribution >= 4 is 65.1 Å². The Morgan fingerprint density at radius 1 is 0.885 bits per heavy atom. The van der Waals surface area contributed by atoms with Gasteiger partial charge < -0.3 is 10.1 Å². The zero-order valence-electron chi connectivity index (χ0n) is 13.6. The van der Waals surface area contributed by atoms with Crippen LogP contribution in [-0.2, 0) is 13.2 Å². The molecule has 6 heteroatoms.